The van der Waals surface area contributed by atoms with Crippen LogP contribution in [-0.2, 0) is 36.7 Å². The van der Waals surface area contributed by atoms with Crippen LogP contribution in [0.5, 0.6) is 0 Å². The van der Waals surface area contributed by atoms with E-state index < -0.39 is 59.2 Å². The topological polar surface area (TPSA) is 114 Å². The fourth-order valence-electron chi connectivity index (χ4n) is 4.94. The molecule has 2 rings (SSSR count). The van der Waals surface area contributed by atoms with Gasteiger partial charge in [-0.1, -0.05) is 82.3 Å². The lowest BCUT2D eigenvalue weighted by Gasteiger charge is -2.39. The molecule has 2 aromatic carbocycles. The zero-order valence-corrected chi connectivity index (χ0v) is 29.6. The van der Waals surface area contributed by atoms with Crippen LogP contribution in [0.2, 0.25) is 0 Å². The first-order chi connectivity index (χ1) is 21.4. The van der Waals surface area contributed by atoms with Gasteiger partial charge in [0.1, 0.15) is 29.3 Å². The van der Waals surface area contributed by atoms with Crippen molar-refractivity contribution in [2.45, 2.75) is 131 Å². The van der Waals surface area contributed by atoms with Gasteiger partial charge in [-0.15, -0.1) is 0 Å². The smallest absolute Gasteiger partial charge is 0.408 e. The summed E-state index contributed by atoms with van der Waals surface area (Å²) in [7, 11) is 0. The lowest BCUT2D eigenvalue weighted by Crippen LogP contribution is -2.58. The summed E-state index contributed by atoms with van der Waals surface area (Å²) in [6, 6.07) is 13.5. The van der Waals surface area contributed by atoms with Crippen molar-refractivity contribution >= 4 is 23.9 Å². The van der Waals surface area contributed by atoms with Gasteiger partial charge < -0.3 is 25.0 Å². The Morgan fingerprint density at radius 2 is 1.33 bits per heavy atom. The van der Waals surface area contributed by atoms with Crippen molar-refractivity contribution in [2.75, 3.05) is 0 Å². The predicted octanol–water partition coefficient (Wildman–Crippen LogP) is 6.54. The van der Waals surface area contributed by atoms with E-state index in [-0.39, 0.29) is 12.3 Å². The third kappa shape index (κ3) is 11.8. The molecular formula is C37H55N3O6. The summed E-state index contributed by atoms with van der Waals surface area (Å²) in [4.78, 5) is 56.9. The Morgan fingerprint density at radius 3 is 1.80 bits per heavy atom. The van der Waals surface area contributed by atoms with Crippen LogP contribution in [0.3, 0.4) is 0 Å². The Hall–Kier alpha value is -3.88. The molecule has 254 valence electrons. The second-order valence-corrected chi connectivity index (χ2v) is 14.2. The summed E-state index contributed by atoms with van der Waals surface area (Å²) in [5.41, 5.74) is 0.975. The first kappa shape index (κ1) is 38.3. The molecule has 0 aromatic heterocycles. The number of esters is 1. The van der Waals surface area contributed by atoms with Crippen LogP contribution in [0.15, 0.2) is 54.6 Å². The molecule has 0 bridgehead atoms. The van der Waals surface area contributed by atoms with Gasteiger partial charge >= 0.3 is 12.1 Å². The van der Waals surface area contributed by atoms with E-state index in [4.69, 9.17) is 9.47 Å². The van der Waals surface area contributed by atoms with Crippen LogP contribution in [0.25, 0.3) is 0 Å². The quantitative estimate of drug-likeness (QED) is 0.241. The number of nitrogens with one attached hydrogen (secondary N) is 2. The van der Waals surface area contributed by atoms with Crippen LogP contribution in [0.4, 0.5) is 4.79 Å². The molecule has 3 amide bonds. The molecular weight excluding hydrogens is 582 g/mol. The maximum absolute atomic E-state index is 14.5. The van der Waals surface area contributed by atoms with E-state index in [1.165, 1.54) is 4.90 Å². The van der Waals surface area contributed by atoms with Crippen LogP contribution in [0.1, 0.15) is 105 Å². The molecule has 2 aromatic rings. The average molecular weight is 638 g/mol. The van der Waals surface area contributed by atoms with E-state index in [0.717, 1.165) is 17.5 Å². The minimum absolute atomic E-state index is 0.203. The number of hydrogen-bond acceptors (Lipinski definition) is 6. The van der Waals surface area contributed by atoms with Crippen molar-refractivity contribution in [3.63, 3.8) is 0 Å². The number of carbonyl (C=O) groups excluding carboxylic acids is 4. The third-order valence-electron chi connectivity index (χ3n) is 7.45. The first-order valence-corrected chi connectivity index (χ1v) is 16.3. The molecule has 0 aliphatic carbocycles. The molecule has 4 atom stereocenters. The van der Waals surface area contributed by atoms with Gasteiger partial charge in [-0.3, -0.25) is 9.59 Å². The van der Waals surface area contributed by atoms with E-state index in [1.54, 1.807) is 41.5 Å². The largest absolute Gasteiger partial charge is 0.458 e. The molecule has 4 unspecified atom stereocenters. The maximum atomic E-state index is 14.5. The Balaban J connectivity index is 2.64. The van der Waals surface area contributed by atoms with Gasteiger partial charge in [0.25, 0.3) is 0 Å². The van der Waals surface area contributed by atoms with Crippen LogP contribution < -0.4 is 10.6 Å². The Labute approximate surface area is 275 Å². The van der Waals surface area contributed by atoms with Crippen LogP contribution in [0, 0.1) is 5.92 Å². The molecule has 9 heteroatoms. The Kier molecular flexibility index (Phi) is 13.8. The Bertz CT molecular complexity index is 1300. The van der Waals surface area contributed by atoms with Crippen molar-refractivity contribution in [3.8, 4) is 0 Å². The molecule has 0 saturated carbocycles. The van der Waals surface area contributed by atoms with E-state index in [0.29, 0.717) is 12.0 Å². The average Bonchev–Trinajstić information content (AvgIpc) is 2.96. The first-order valence-electron chi connectivity index (χ1n) is 16.3. The zero-order valence-electron chi connectivity index (χ0n) is 29.6. The highest BCUT2D eigenvalue weighted by molar-refractivity contribution is 5.94. The van der Waals surface area contributed by atoms with Crippen molar-refractivity contribution in [3.05, 3.63) is 71.3 Å². The number of hydrogen-bond donors (Lipinski definition) is 2. The lowest BCUT2D eigenvalue weighted by atomic mass is 9.95. The van der Waals surface area contributed by atoms with E-state index in [1.807, 2.05) is 89.2 Å². The van der Waals surface area contributed by atoms with Crippen molar-refractivity contribution in [1.82, 2.24) is 15.5 Å². The molecule has 2 N–H and O–H groups in total. The molecule has 9 nitrogen and oxygen atoms in total. The molecule has 46 heavy (non-hydrogen) atoms. The van der Waals surface area contributed by atoms with Crippen molar-refractivity contribution < 1.29 is 28.7 Å². The number of benzene rings is 2. The van der Waals surface area contributed by atoms with E-state index in [9.17, 15) is 19.2 Å². The van der Waals surface area contributed by atoms with Gasteiger partial charge in [-0.05, 0) is 83.9 Å². The number of carbonyl (C=O) groups is 4. The fraction of sp³-hybridized carbons (Fsp3) is 0.568. The fourth-order valence-corrected chi connectivity index (χ4v) is 4.94. The molecule has 0 fully saturated rings. The third-order valence-corrected chi connectivity index (χ3v) is 7.45. The van der Waals surface area contributed by atoms with Crippen molar-refractivity contribution in [1.29, 1.82) is 0 Å². The predicted molar refractivity (Wildman–Crippen MR) is 181 cm³/mol. The maximum Gasteiger partial charge on any atom is 0.408 e. The zero-order chi connectivity index (χ0) is 34.8. The van der Waals surface area contributed by atoms with Gasteiger partial charge in [0.05, 0.1) is 0 Å². The van der Waals surface area contributed by atoms with E-state index >= 15 is 0 Å². The molecule has 0 aliphatic rings. The number of ether oxygens (including phenoxy) is 2. The van der Waals surface area contributed by atoms with Gasteiger partial charge in [0.2, 0.25) is 11.8 Å². The molecule has 0 radical (unpaired) electrons. The minimum atomic E-state index is -1.10. The highest BCUT2D eigenvalue weighted by Gasteiger charge is 2.41. The molecule has 0 aliphatic heterocycles. The minimum Gasteiger partial charge on any atom is -0.458 e. The second kappa shape index (κ2) is 16.6. The summed E-state index contributed by atoms with van der Waals surface area (Å²) in [6.07, 6.45) is 0.830. The standard InChI is InChI=1S/C37H55N3O6/c1-12-25(5)40(33(42)30(24(3)4)39-35(44)46-37(9,10)11)31(28-21-19-26(13-2)20-22-28)32(41)38-29(34(43)45-36(6,7)8)23-27-17-15-14-16-18-27/h14-22,24-25,29-31H,12-13,23H2,1-11H3,(H,38,41)(H,39,44). The lowest BCUT2D eigenvalue weighted by molar-refractivity contribution is -0.159. The highest BCUT2D eigenvalue weighted by atomic mass is 16.6. The van der Waals surface area contributed by atoms with Gasteiger partial charge in [-0.25, -0.2) is 9.59 Å². The summed E-state index contributed by atoms with van der Waals surface area (Å²) in [5, 5.41) is 5.70. The van der Waals surface area contributed by atoms with Gasteiger partial charge in [0.15, 0.2) is 0 Å². The number of aryl methyl sites for hydroxylation is 1. The highest BCUT2D eigenvalue weighted by Crippen LogP contribution is 2.28. The monoisotopic (exact) mass is 637 g/mol. The SMILES string of the molecule is CCc1ccc(C(C(=O)NC(Cc2ccccc2)C(=O)OC(C)(C)C)N(C(=O)C(NC(=O)OC(C)(C)C)C(C)C)C(C)CC)cc1. The van der Waals surface area contributed by atoms with Crippen molar-refractivity contribution in [2.24, 2.45) is 5.92 Å². The van der Waals surface area contributed by atoms with Gasteiger partial charge in [0, 0.05) is 12.5 Å². The second-order valence-electron chi connectivity index (χ2n) is 14.2. The van der Waals surface area contributed by atoms with Crippen LogP contribution in [-0.4, -0.2) is 58.1 Å². The molecule has 0 heterocycles. The number of amides is 3. The summed E-state index contributed by atoms with van der Waals surface area (Å²) in [6.45, 7) is 20.1. The number of alkyl carbamates (subject to hydrolysis) is 1. The van der Waals surface area contributed by atoms with Gasteiger partial charge in [-0.2, -0.15) is 0 Å². The molecule has 0 saturated heterocycles. The molecule has 0 spiro atoms. The number of nitrogens with zero attached hydrogens (tertiary/aromatic N) is 1. The Morgan fingerprint density at radius 1 is 0.761 bits per heavy atom. The number of rotatable bonds is 13. The van der Waals surface area contributed by atoms with Crippen LogP contribution >= 0.6 is 0 Å². The summed E-state index contributed by atoms with van der Waals surface area (Å²) >= 11 is 0. The normalized spacial score (nSPS) is 14.4. The summed E-state index contributed by atoms with van der Waals surface area (Å²) in [5.74, 6) is -1.83. The van der Waals surface area contributed by atoms with E-state index in [2.05, 4.69) is 10.6 Å². The summed E-state index contributed by atoms with van der Waals surface area (Å²) < 4.78 is 11.2.